The highest BCUT2D eigenvalue weighted by Crippen LogP contribution is 2.65. The second kappa shape index (κ2) is 7.40. The van der Waals surface area contributed by atoms with Gasteiger partial charge in [-0.05, 0) is 104 Å². The van der Waals surface area contributed by atoms with Gasteiger partial charge >= 0.3 is 0 Å². The van der Waals surface area contributed by atoms with Gasteiger partial charge in [-0.15, -0.1) is 5.92 Å². The van der Waals surface area contributed by atoms with E-state index in [0.29, 0.717) is 17.8 Å². The Morgan fingerprint density at radius 3 is 2.70 bits per heavy atom. The highest BCUT2D eigenvalue weighted by atomic mass is 35.5. The molecule has 1 heterocycles. The molecule has 0 bridgehead atoms. The Hall–Kier alpha value is -1.82. The van der Waals surface area contributed by atoms with Crippen molar-refractivity contribution in [3.63, 3.8) is 0 Å². The highest BCUT2D eigenvalue weighted by Gasteiger charge is 2.61. The molecule has 0 radical (unpaired) electrons. The number of nitrogens with zero attached hydrogens (tertiary/aromatic N) is 1. The van der Waals surface area contributed by atoms with Gasteiger partial charge < -0.3 is 5.11 Å². The van der Waals surface area contributed by atoms with Crippen molar-refractivity contribution in [3.05, 3.63) is 63.9 Å². The maximum Gasteiger partial charge on any atom is 0.0744 e. The second-order valence-electron chi connectivity index (χ2n) is 9.84. The number of aromatic nitrogens is 1. The van der Waals surface area contributed by atoms with Crippen LogP contribution in [0.5, 0.6) is 0 Å². The van der Waals surface area contributed by atoms with Crippen LogP contribution in [-0.2, 0) is 12.8 Å². The molecule has 2 fully saturated rings. The molecule has 156 valence electrons. The van der Waals surface area contributed by atoms with Crippen molar-refractivity contribution in [2.45, 2.75) is 70.3 Å². The maximum atomic E-state index is 11.9. The van der Waals surface area contributed by atoms with Crippen LogP contribution < -0.4 is 0 Å². The summed E-state index contributed by atoms with van der Waals surface area (Å²) >= 11 is 6.76. The Bertz CT molecular complexity index is 1020. The van der Waals surface area contributed by atoms with Gasteiger partial charge in [0.05, 0.1) is 10.6 Å². The van der Waals surface area contributed by atoms with Crippen LogP contribution in [0.2, 0.25) is 5.02 Å². The van der Waals surface area contributed by atoms with Gasteiger partial charge in [-0.2, -0.15) is 0 Å². The molecule has 3 unspecified atom stereocenters. The van der Waals surface area contributed by atoms with Crippen LogP contribution in [0, 0.1) is 29.1 Å². The zero-order chi connectivity index (χ0) is 20.9. The lowest BCUT2D eigenvalue weighted by Gasteiger charge is -2.53. The average Bonchev–Trinajstić information content (AvgIpc) is 3.01. The van der Waals surface area contributed by atoms with Crippen LogP contribution in [0.3, 0.4) is 0 Å². The summed E-state index contributed by atoms with van der Waals surface area (Å²) in [4.78, 5) is 4.14. The molecule has 1 aromatic heterocycles. The van der Waals surface area contributed by atoms with E-state index in [4.69, 9.17) is 11.6 Å². The number of benzene rings is 1. The molecule has 2 nitrogen and oxygen atoms in total. The van der Waals surface area contributed by atoms with E-state index in [0.717, 1.165) is 49.1 Å². The van der Waals surface area contributed by atoms with E-state index < -0.39 is 5.60 Å². The normalized spacial score (nSPS) is 34.3. The van der Waals surface area contributed by atoms with Crippen LogP contribution in [0.25, 0.3) is 0 Å². The molecule has 1 aromatic carbocycles. The summed E-state index contributed by atoms with van der Waals surface area (Å²) < 4.78 is 0. The topological polar surface area (TPSA) is 33.1 Å². The maximum absolute atomic E-state index is 11.9. The number of fused-ring (bicyclic) bond motifs is 5. The van der Waals surface area contributed by atoms with E-state index in [-0.39, 0.29) is 5.41 Å². The van der Waals surface area contributed by atoms with Crippen molar-refractivity contribution in [2.24, 2.45) is 17.3 Å². The molecule has 0 saturated heterocycles. The van der Waals surface area contributed by atoms with E-state index in [1.54, 1.807) is 0 Å². The van der Waals surface area contributed by atoms with Crippen LogP contribution in [0.4, 0.5) is 0 Å². The van der Waals surface area contributed by atoms with Gasteiger partial charge in [0.1, 0.15) is 0 Å². The fourth-order valence-electron chi connectivity index (χ4n) is 7.09. The zero-order valence-electron chi connectivity index (χ0n) is 17.9. The summed E-state index contributed by atoms with van der Waals surface area (Å²) in [6.07, 6.45) is 10.9. The van der Waals surface area contributed by atoms with Gasteiger partial charge in [-0.3, -0.25) is 4.98 Å². The number of rotatable bonds is 2. The zero-order valence-corrected chi connectivity index (χ0v) is 18.7. The van der Waals surface area contributed by atoms with Crippen LogP contribution >= 0.6 is 11.6 Å². The molecule has 0 amide bonds. The molecule has 5 atom stereocenters. The highest BCUT2D eigenvalue weighted by molar-refractivity contribution is 6.32. The number of hydrogen-bond donors (Lipinski definition) is 1. The summed E-state index contributed by atoms with van der Waals surface area (Å²) in [5.41, 5.74) is 4.29. The van der Waals surface area contributed by atoms with Gasteiger partial charge in [0.25, 0.3) is 0 Å². The lowest BCUT2D eigenvalue weighted by Crippen LogP contribution is -2.51. The molecule has 0 aliphatic heterocycles. The van der Waals surface area contributed by atoms with E-state index in [1.807, 2.05) is 19.3 Å². The third-order valence-electron chi connectivity index (χ3n) is 8.67. The first-order valence-corrected chi connectivity index (χ1v) is 11.7. The molecule has 2 aromatic rings. The number of halogens is 1. The Kier molecular flexibility index (Phi) is 4.96. The molecule has 30 heavy (non-hydrogen) atoms. The van der Waals surface area contributed by atoms with Gasteiger partial charge in [0.15, 0.2) is 0 Å². The number of hydrogen-bond acceptors (Lipinski definition) is 2. The van der Waals surface area contributed by atoms with Crippen molar-refractivity contribution in [3.8, 4) is 11.8 Å². The largest absolute Gasteiger partial charge is 0.389 e. The van der Waals surface area contributed by atoms with Crippen LogP contribution in [0.1, 0.15) is 74.1 Å². The summed E-state index contributed by atoms with van der Waals surface area (Å²) in [5, 5.41) is 12.7. The first-order chi connectivity index (χ1) is 14.5. The third kappa shape index (κ3) is 2.94. The van der Waals surface area contributed by atoms with Gasteiger partial charge in [-0.25, -0.2) is 0 Å². The average molecular weight is 420 g/mol. The lowest BCUT2D eigenvalue weighted by molar-refractivity contribution is -0.102. The minimum atomic E-state index is -0.623. The third-order valence-corrected chi connectivity index (χ3v) is 9.10. The molecule has 0 spiro atoms. The molecular weight excluding hydrogens is 390 g/mol. The summed E-state index contributed by atoms with van der Waals surface area (Å²) in [5.74, 6) is 7.92. The Labute approximate surface area is 185 Å². The lowest BCUT2D eigenvalue weighted by atomic mass is 9.52. The standard InChI is InChI=1S/C27H30ClNO/c1-3-4-19-5-6-20-21-9-13-26(2)24(22(21)7-8-23(20)25(19)28)10-14-27(26,30)17-18-11-15-29-16-12-18/h5-6,11-12,15-16,21-22,24,30H,7-10,13-14,17H2,1-2H3/t21?,22?,24?,26-,27+/m0/s1. The Balaban J connectivity index is 1.45. The second-order valence-corrected chi connectivity index (χ2v) is 10.2. The van der Waals surface area contributed by atoms with E-state index in [1.165, 1.54) is 23.1 Å². The minimum absolute atomic E-state index is 0.0215. The SMILES string of the molecule is CC#Cc1ccc2c(c1Cl)CCC1C2CC[C@@]2(C)C1CC[C@@]2(O)Cc1ccncc1. The molecule has 3 aliphatic carbocycles. The first-order valence-electron chi connectivity index (χ1n) is 11.3. The van der Waals surface area contributed by atoms with E-state index in [9.17, 15) is 5.11 Å². The Morgan fingerprint density at radius 2 is 1.93 bits per heavy atom. The van der Waals surface area contributed by atoms with Gasteiger partial charge in [-0.1, -0.05) is 30.5 Å². The van der Waals surface area contributed by atoms with Crippen molar-refractivity contribution in [1.82, 2.24) is 4.98 Å². The van der Waals surface area contributed by atoms with Crippen molar-refractivity contribution in [2.75, 3.05) is 0 Å². The fraction of sp³-hybridized carbons (Fsp3) is 0.519. The predicted octanol–water partition coefficient (Wildman–Crippen LogP) is 5.94. The fourth-order valence-corrected chi connectivity index (χ4v) is 7.41. The molecule has 3 heteroatoms. The van der Waals surface area contributed by atoms with Crippen molar-refractivity contribution in [1.29, 1.82) is 0 Å². The molecule has 2 saturated carbocycles. The van der Waals surface area contributed by atoms with Gasteiger partial charge in [0, 0.05) is 24.4 Å². The summed E-state index contributed by atoms with van der Waals surface area (Å²) in [6, 6.07) is 8.51. The number of pyridine rings is 1. The van der Waals surface area contributed by atoms with E-state index >= 15 is 0 Å². The summed E-state index contributed by atoms with van der Waals surface area (Å²) in [7, 11) is 0. The van der Waals surface area contributed by atoms with Gasteiger partial charge in [0.2, 0.25) is 0 Å². The predicted molar refractivity (Wildman–Crippen MR) is 122 cm³/mol. The monoisotopic (exact) mass is 419 g/mol. The molecule has 1 N–H and O–H groups in total. The molecule has 5 rings (SSSR count). The van der Waals surface area contributed by atoms with Crippen LogP contribution in [-0.4, -0.2) is 15.7 Å². The molecule has 3 aliphatic rings. The number of aliphatic hydroxyl groups is 1. The Morgan fingerprint density at radius 1 is 1.13 bits per heavy atom. The molecular formula is C27H30ClNO. The smallest absolute Gasteiger partial charge is 0.0744 e. The first kappa shape index (κ1) is 20.1. The van der Waals surface area contributed by atoms with Crippen molar-refractivity contribution < 1.29 is 5.11 Å². The van der Waals surface area contributed by atoms with Crippen molar-refractivity contribution >= 4 is 11.6 Å². The minimum Gasteiger partial charge on any atom is -0.389 e. The van der Waals surface area contributed by atoms with E-state index in [2.05, 4.69) is 48.0 Å². The quantitative estimate of drug-likeness (QED) is 0.611. The van der Waals surface area contributed by atoms with Crippen LogP contribution in [0.15, 0.2) is 36.7 Å². The summed E-state index contributed by atoms with van der Waals surface area (Å²) in [6.45, 7) is 4.23.